The lowest BCUT2D eigenvalue weighted by molar-refractivity contribution is 0.481. The van der Waals surface area contributed by atoms with Crippen molar-refractivity contribution in [1.29, 1.82) is 0 Å². The summed E-state index contributed by atoms with van der Waals surface area (Å²) in [7, 11) is -3.85. The Kier molecular flexibility index (Phi) is 4.35. The molecular weight excluding hydrogens is 260 g/mol. The van der Waals surface area contributed by atoms with Crippen LogP contribution in [0.4, 0.5) is 0 Å². The first kappa shape index (κ1) is 13.8. The van der Waals surface area contributed by atoms with Crippen LogP contribution in [-0.2, 0) is 16.5 Å². The molecular formula is C15H16O3S. The predicted molar refractivity (Wildman–Crippen MR) is 76.6 cm³/mol. The maximum atomic E-state index is 10.6. The zero-order valence-corrected chi connectivity index (χ0v) is 11.3. The molecule has 0 aliphatic heterocycles. The summed E-state index contributed by atoms with van der Waals surface area (Å²) in [6.07, 6.45) is 1.08. The molecule has 0 saturated heterocycles. The highest BCUT2D eigenvalue weighted by atomic mass is 32.2. The van der Waals surface area contributed by atoms with E-state index in [9.17, 15) is 8.42 Å². The Morgan fingerprint density at radius 1 is 0.842 bits per heavy atom. The largest absolute Gasteiger partial charge is 0.286 e. The number of aryl methyl sites for hydroxylation is 1. The van der Waals surface area contributed by atoms with Crippen LogP contribution in [0.3, 0.4) is 0 Å². The van der Waals surface area contributed by atoms with Gasteiger partial charge >= 0.3 is 0 Å². The normalized spacial score (nSPS) is 11.4. The summed E-state index contributed by atoms with van der Waals surface area (Å²) in [6.45, 7) is 0. The standard InChI is InChI=1S/C15H16O3S/c16-19(17,18)12-4-5-13-8-10-15(11-9-13)14-6-2-1-3-7-14/h1-3,6-11H,4-5,12H2,(H,16,17,18). The molecule has 2 rings (SSSR count). The van der Waals surface area contributed by atoms with Crippen molar-refractivity contribution in [3.8, 4) is 11.1 Å². The third-order valence-corrected chi connectivity index (χ3v) is 3.73. The molecule has 3 nitrogen and oxygen atoms in total. The van der Waals surface area contributed by atoms with Gasteiger partial charge in [-0.2, -0.15) is 8.42 Å². The van der Waals surface area contributed by atoms with E-state index >= 15 is 0 Å². The van der Waals surface area contributed by atoms with Gasteiger partial charge in [0, 0.05) is 0 Å². The maximum absolute atomic E-state index is 10.6. The van der Waals surface area contributed by atoms with Crippen LogP contribution in [0.2, 0.25) is 0 Å². The third-order valence-electron chi connectivity index (χ3n) is 2.93. The molecule has 0 atom stereocenters. The van der Waals surface area contributed by atoms with Crippen molar-refractivity contribution in [2.24, 2.45) is 0 Å². The number of rotatable bonds is 5. The minimum absolute atomic E-state index is 0.187. The lowest BCUT2D eigenvalue weighted by Gasteiger charge is -2.04. The van der Waals surface area contributed by atoms with Crippen LogP contribution in [0, 0.1) is 0 Å². The van der Waals surface area contributed by atoms with Crippen LogP contribution in [0.25, 0.3) is 11.1 Å². The molecule has 0 spiro atoms. The summed E-state index contributed by atoms with van der Waals surface area (Å²) < 4.78 is 29.9. The van der Waals surface area contributed by atoms with E-state index in [0.29, 0.717) is 12.8 Å². The fraction of sp³-hybridized carbons (Fsp3) is 0.200. The van der Waals surface area contributed by atoms with Crippen LogP contribution in [0.5, 0.6) is 0 Å². The first-order valence-corrected chi connectivity index (χ1v) is 7.75. The van der Waals surface area contributed by atoms with Crippen molar-refractivity contribution in [1.82, 2.24) is 0 Å². The van der Waals surface area contributed by atoms with Crippen LogP contribution in [-0.4, -0.2) is 18.7 Å². The fourth-order valence-electron chi connectivity index (χ4n) is 1.95. The van der Waals surface area contributed by atoms with Gasteiger partial charge in [-0.05, 0) is 29.5 Å². The molecule has 19 heavy (non-hydrogen) atoms. The molecule has 0 aliphatic carbocycles. The van der Waals surface area contributed by atoms with E-state index in [0.717, 1.165) is 16.7 Å². The average molecular weight is 276 g/mol. The van der Waals surface area contributed by atoms with Crippen molar-refractivity contribution >= 4 is 10.1 Å². The predicted octanol–water partition coefficient (Wildman–Crippen LogP) is 3.17. The van der Waals surface area contributed by atoms with E-state index in [-0.39, 0.29) is 5.75 Å². The summed E-state index contributed by atoms with van der Waals surface area (Å²) in [5.74, 6) is -0.187. The lowest BCUT2D eigenvalue weighted by Crippen LogP contribution is -2.04. The van der Waals surface area contributed by atoms with Crippen molar-refractivity contribution in [3.63, 3.8) is 0 Å². The van der Waals surface area contributed by atoms with Gasteiger partial charge in [0.2, 0.25) is 0 Å². The zero-order valence-electron chi connectivity index (χ0n) is 10.5. The highest BCUT2D eigenvalue weighted by Gasteiger charge is 2.04. The topological polar surface area (TPSA) is 54.4 Å². The highest BCUT2D eigenvalue weighted by Crippen LogP contribution is 2.19. The van der Waals surface area contributed by atoms with Crippen LogP contribution < -0.4 is 0 Å². The SMILES string of the molecule is O=S(=O)(O)CCCc1ccc(-c2ccccc2)cc1. The lowest BCUT2D eigenvalue weighted by atomic mass is 10.0. The second kappa shape index (κ2) is 5.99. The Bertz CT molecular complexity index is 616. The van der Waals surface area contributed by atoms with Gasteiger partial charge in [-0.3, -0.25) is 4.55 Å². The smallest absolute Gasteiger partial charge is 0.264 e. The summed E-state index contributed by atoms with van der Waals surface area (Å²) in [6, 6.07) is 18.1. The summed E-state index contributed by atoms with van der Waals surface area (Å²) in [5, 5.41) is 0. The molecule has 0 bridgehead atoms. The van der Waals surface area contributed by atoms with E-state index in [1.807, 2.05) is 54.6 Å². The molecule has 0 unspecified atom stereocenters. The van der Waals surface area contributed by atoms with Gasteiger partial charge in [-0.15, -0.1) is 0 Å². The molecule has 0 saturated carbocycles. The molecule has 1 N–H and O–H groups in total. The summed E-state index contributed by atoms with van der Waals surface area (Å²) in [5.41, 5.74) is 3.37. The minimum Gasteiger partial charge on any atom is -0.286 e. The van der Waals surface area contributed by atoms with Crippen LogP contribution in [0.1, 0.15) is 12.0 Å². The zero-order chi connectivity index (χ0) is 13.7. The van der Waals surface area contributed by atoms with Crippen LogP contribution >= 0.6 is 0 Å². The van der Waals surface area contributed by atoms with Crippen molar-refractivity contribution in [2.45, 2.75) is 12.8 Å². The number of benzene rings is 2. The molecule has 0 fully saturated rings. The first-order valence-electron chi connectivity index (χ1n) is 6.14. The molecule has 2 aromatic carbocycles. The molecule has 0 amide bonds. The monoisotopic (exact) mass is 276 g/mol. The molecule has 0 radical (unpaired) electrons. The van der Waals surface area contributed by atoms with Crippen molar-refractivity contribution < 1.29 is 13.0 Å². The van der Waals surface area contributed by atoms with Crippen molar-refractivity contribution in [2.75, 3.05) is 5.75 Å². The first-order chi connectivity index (χ1) is 9.04. The van der Waals surface area contributed by atoms with Gasteiger partial charge in [0.25, 0.3) is 10.1 Å². The van der Waals surface area contributed by atoms with Gasteiger partial charge in [0.05, 0.1) is 5.75 Å². The molecule has 0 aromatic heterocycles. The van der Waals surface area contributed by atoms with E-state index in [2.05, 4.69) is 0 Å². The Labute approximate surface area is 113 Å². The Balaban J connectivity index is 1.99. The second-order valence-electron chi connectivity index (χ2n) is 4.45. The quantitative estimate of drug-likeness (QED) is 0.853. The molecule has 4 heteroatoms. The molecule has 2 aromatic rings. The summed E-state index contributed by atoms with van der Waals surface area (Å²) in [4.78, 5) is 0. The van der Waals surface area contributed by atoms with Gasteiger partial charge in [-0.25, -0.2) is 0 Å². The number of hydrogen-bond donors (Lipinski definition) is 1. The Morgan fingerprint density at radius 3 is 2.00 bits per heavy atom. The molecule has 100 valence electrons. The summed E-state index contributed by atoms with van der Waals surface area (Å²) >= 11 is 0. The Hall–Kier alpha value is -1.65. The number of hydrogen-bond acceptors (Lipinski definition) is 2. The molecule has 0 heterocycles. The van der Waals surface area contributed by atoms with E-state index in [1.54, 1.807) is 0 Å². The Morgan fingerprint density at radius 2 is 1.42 bits per heavy atom. The van der Waals surface area contributed by atoms with E-state index < -0.39 is 10.1 Å². The van der Waals surface area contributed by atoms with Gasteiger partial charge in [-0.1, -0.05) is 54.6 Å². The third kappa shape index (κ3) is 4.50. The van der Waals surface area contributed by atoms with Gasteiger partial charge < -0.3 is 0 Å². The fourth-order valence-corrected chi connectivity index (χ4v) is 2.46. The van der Waals surface area contributed by atoms with Gasteiger partial charge in [0.1, 0.15) is 0 Å². The maximum Gasteiger partial charge on any atom is 0.264 e. The van der Waals surface area contributed by atoms with E-state index in [4.69, 9.17) is 4.55 Å². The van der Waals surface area contributed by atoms with Crippen molar-refractivity contribution in [3.05, 3.63) is 60.2 Å². The van der Waals surface area contributed by atoms with Crippen LogP contribution in [0.15, 0.2) is 54.6 Å². The second-order valence-corrected chi connectivity index (χ2v) is 6.02. The highest BCUT2D eigenvalue weighted by molar-refractivity contribution is 7.85. The minimum atomic E-state index is -3.85. The van der Waals surface area contributed by atoms with E-state index in [1.165, 1.54) is 0 Å². The molecule has 0 aliphatic rings. The van der Waals surface area contributed by atoms with Gasteiger partial charge in [0.15, 0.2) is 0 Å². The average Bonchev–Trinajstić information content (AvgIpc) is 2.39.